The smallest absolute Gasteiger partial charge is 0.0919 e. The first-order valence-electron chi connectivity index (χ1n) is 7.04. The molecule has 0 spiro atoms. The molecule has 1 unspecified atom stereocenters. The molecule has 1 N–H and O–H groups in total. The van der Waals surface area contributed by atoms with Crippen LogP contribution in [0.15, 0.2) is 48.5 Å². The number of benzene rings is 2. The van der Waals surface area contributed by atoms with Crippen molar-refractivity contribution in [1.82, 2.24) is 4.90 Å². The highest BCUT2D eigenvalue weighted by atomic mass is 16.3. The quantitative estimate of drug-likeness (QED) is 0.898. The van der Waals surface area contributed by atoms with Gasteiger partial charge >= 0.3 is 0 Å². The molecule has 0 heterocycles. The lowest BCUT2D eigenvalue weighted by molar-refractivity contribution is 0.123. The van der Waals surface area contributed by atoms with E-state index in [9.17, 15) is 5.11 Å². The first-order valence-corrected chi connectivity index (χ1v) is 7.04. The Kier molecular flexibility index (Phi) is 4.94. The van der Waals surface area contributed by atoms with E-state index in [0.717, 1.165) is 17.7 Å². The monoisotopic (exact) mass is 269 g/mol. The number of aliphatic hydroxyl groups excluding tert-OH is 1. The Morgan fingerprint density at radius 1 is 1.05 bits per heavy atom. The van der Waals surface area contributed by atoms with Gasteiger partial charge in [0.25, 0.3) is 0 Å². The third kappa shape index (κ3) is 3.92. The van der Waals surface area contributed by atoms with Crippen LogP contribution in [0.25, 0.3) is 0 Å². The summed E-state index contributed by atoms with van der Waals surface area (Å²) in [4.78, 5) is 2.15. The molecule has 2 aromatic carbocycles. The first-order chi connectivity index (χ1) is 9.56. The third-order valence-corrected chi connectivity index (χ3v) is 3.56. The molecule has 0 amide bonds. The maximum Gasteiger partial charge on any atom is 0.0919 e. The maximum atomic E-state index is 10.4. The molecular weight excluding hydrogens is 246 g/mol. The van der Waals surface area contributed by atoms with Crippen LogP contribution in [0, 0.1) is 13.8 Å². The predicted molar refractivity (Wildman–Crippen MR) is 83.7 cm³/mol. The Labute approximate surface area is 121 Å². The van der Waals surface area contributed by atoms with Gasteiger partial charge in [-0.25, -0.2) is 0 Å². The molecule has 0 aliphatic heterocycles. The van der Waals surface area contributed by atoms with Crippen LogP contribution in [-0.2, 0) is 6.54 Å². The number of likely N-dealkylation sites (N-methyl/N-ethyl adjacent to an activating group) is 1. The molecule has 20 heavy (non-hydrogen) atoms. The van der Waals surface area contributed by atoms with Crippen molar-refractivity contribution in [1.29, 1.82) is 0 Å². The van der Waals surface area contributed by atoms with Gasteiger partial charge in [-0.05, 0) is 37.6 Å². The van der Waals surface area contributed by atoms with Gasteiger partial charge in [-0.15, -0.1) is 0 Å². The van der Waals surface area contributed by atoms with Crippen molar-refractivity contribution in [3.8, 4) is 0 Å². The highest BCUT2D eigenvalue weighted by Crippen LogP contribution is 2.20. The van der Waals surface area contributed by atoms with E-state index in [1.165, 1.54) is 11.1 Å². The maximum absolute atomic E-state index is 10.4. The van der Waals surface area contributed by atoms with E-state index >= 15 is 0 Å². The SMILES string of the molecule is Cc1ccc(C(O)CN(C)Cc2ccccc2)c(C)c1. The molecule has 2 aromatic rings. The summed E-state index contributed by atoms with van der Waals surface area (Å²) in [5, 5.41) is 10.4. The number of aliphatic hydroxyl groups is 1. The van der Waals surface area contributed by atoms with Crippen LogP contribution in [0.1, 0.15) is 28.4 Å². The lowest BCUT2D eigenvalue weighted by Gasteiger charge is -2.22. The van der Waals surface area contributed by atoms with Gasteiger partial charge in [-0.2, -0.15) is 0 Å². The van der Waals surface area contributed by atoms with Crippen molar-refractivity contribution in [3.63, 3.8) is 0 Å². The summed E-state index contributed by atoms with van der Waals surface area (Å²) >= 11 is 0. The van der Waals surface area contributed by atoms with Crippen molar-refractivity contribution >= 4 is 0 Å². The minimum absolute atomic E-state index is 0.440. The molecule has 0 bridgehead atoms. The number of aryl methyl sites for hydroxylation is 2. The molecule has 0 saturated carbocycles. The molecule has 0 aliphatic carbocycles. The summed E-state index contributed by atoms with van der Waals surface area (Å²) < 4.78 is 0. The van der Waals surface area contributed by atoms with Crippen LogP contribution in [0.4, 0.5) is 0 Å². The van der Waals surface area contributed by atoms with Gasteiger partial charge in [-0.3, -0.25) is 4.90 Å². The Morgan fingerprint density at radius 2 is 1.75 bits per heavy atom. The van der Waals surface area contributed by atoms with Gasteiger partial charge in [-0.1, -0.05) is 54.1 Å². The molecule has 0 fully saturated rings. The van der Waals surface area contributed by atoms with Crippen LogP contribution in [0.2, 0.25) is 0 Å². The summed E-state index contributed by atoms with van der Waals surface area (Å²) in [5.74, 6) is 0. The van der Waals surface area contributed by atoms with Gasteiger partial charge in [0, 0.05) is 13.1 Å². The summed E-state index contributed by atoms with van der Waals surface area (Å²) in [6.45, 7) is 5.62. The average Bonchev–Trinajstić information content (AvgIpc) is 2.39. The van der Waals surface area contributed by atoms with E-state index in [2.05, 4.69) is 43.0 Å². The lowest BCUT2D eigenvalue weighted by atomic mass is 10.0. The van der Waals surface area contributed by atoms with E-state index in [-0.39, 0.29) is 0 Å². The standard InChI is InChI=1S/C18H23NO/c1-14-9-10-17(15(2)11-14)18(20)13-19(3)12-16-7-5-4-6-8-16/h4-11,18,20H,12-13H2,1-3H3. The first kappa shape index (κ1) is 14.8. The molecule has 2 heteroatoms. The predicted octanol–water partition coefficient (Wildman–Crippen LogP) is 3.47. The second kappa shape index (κ2) is 6.69. The fourth-order valence-corrected chi connectivity index (χ4v) is 2.55. The largest absolute Gasteiger partial charge is 0.387 e. The molecule has 2 rings (SSSR count). The number of nitrogens with zero attached hydrogens (tertiary/aromatic N) is 1. The van der Waals surface area contributed by atoms with E-state index in [4.69, 9.17) is 0 Å². The summed E-state index contributed by atoms with van der Waals surface area (Å²) in [5.41, 5.74) is 4.68. The minimum Gasteiger partial charge on any atom is -0.387 e. The Balaban J connectivity index is 1.98. The zero-order valence-electron chi connectivity index (χ0n) is 12.5. The Bertz CT molecular complexity index is 551. The number of hydrogen-bond donors (Lipinski definition) is 1. The van der Waals surface area contributed by atoms with E-state index in [1.807, 2.05) is 31.3 Å². The van der Waals surface area contributed by atoms with Crippen molar-refractivity contribution in [3.05, 3.63) is 70.8 Å². The van der Waals surface area contributed by atoms with Crippen LogP contribution >= 0.6 is 0 Å². The number of rotatable bonds is 5. The van der Waals surface area contributed by atoms with Crippen molar-refractivity contribution in [2.75, 3.05) is 13.6 Å². The zero-order chi connectivity index (χ0) is 14.5. The van der Waals surface area contributed by atoms with Crippen molar-refractivity contribution in [2.24, 2.45) is 0 Å². The molecule has 0 radical (unpaired) electrons. The van der Waals surface area contributed by atoms with E-state index in [1.54, 1.807) is 0 Å². The van der Waals surface area contributed by atoms with Gasteiger partial charge < -0.3 is 5.11 Å². The minimum atomic E-state index is -0.440. The normalized spacial score (nSPS) is 12.7. The highest BCUT2D eigenvalue weighted by molar-refractivity contribution is 5.32. The second-order valence-corrected chi connectivity index (χ2v) is 5.56. The van der Waals surface area contributed by atoms with Crippen molar-refractivity contribution < 1.29 is 5.11 Å². The Morgan fingerprint density at radius 3 is 2.40 bits per heavy atom. The van der Waals surface area contributed by atoms with Crippen LogP contribution in [0.3, 0.4) is 0 Å². The topological polar surface area (TPSA) is 23.5 Å². The molecule has 1 atom stereocenters. The molecule has 2 nitrogen and oxygen atoms in total. The van der Waals surface area contributed by atoms with E-state index < -0.39 is 6.10 Å². The molecule has 0 aromatic heterocycles. The van der Waals surface area contributed by atoms with Gasteiger partial charge in [0.05, 0.1) is 6.10 Å². The molecule has 0 aliphatic rings. The van der Waals surface area contributed by atoms with Gasteiger partial charge in [0.1, 0.15) is 0 Å². The zero-order valence-corrected chi connectivity index (χ0v) is 12.5. The Hall–Kier alpha value is -1.64. The fraction of sp³-hybridized carbons (Fsp3) is 0.333. The van der Waals surface area contributed by atoms with Gasteiger partial charge in [0.15, 0.2) is 0 Å². The highest BCUT2D eigenvalue weighted by Gasteiger charge is 2.13. The average molecular weight is 269 g/mol. The van der Waals surface area contributed by atoms with Crippen LogP contribution in [-0.4, -0.2) is 23.6 Å². The molecule has 0 saturated heterocycles. The molecular formula is C18H23NO. The third-order valence-electron chi connectivity index (χ3n) is 3.56. The van der Waals surface area contributed by atoms with E-state index in [0.29, 0.717) is 6.54 Å². The fourth-order valence-electron chi connectivity index (χ4n) is 2.55. The van der Waals surface area contributed by atoms with Gasteiger partial charge in [0.2, 0.25) is 0 Å². The molecule has 106 valence electrons. The summed E-state index contributed by atoms with van der Waals surface area (Å²) in [6, 6.07) is 16.5. The summed E-state index contributed by atoms with van der Waals surface area (Å²) in [6.07, 6.45) is -0.440. The van der Waals surface area contributed by atoms with Crippen LogP contribution in [0.5, 0.6) is 0 Å². The lowest BCUT2D eigenvalue weighted by Crippen LogP contribution is -2.24. The summed E-state index contributed by atoms with van der Waals surface area (Å²) in [7, 11) is 2.04. The second-order valence-electron chi connectivity index (χ2n) is 5.56. The number of hydrogen-bond acceptors (Lipinski definition) is 2. The van der Waals surface area contributed by atoms with Crippen LogP contribution < -0.4 is 0 Å². The van der Waals surface area contributed by atoms with Crippen molar-refractivity contribution in [2.45, 2.75) is 26.5 Å².